The number of hydrogen-bond donors (Lipinski definition) is 1. The first-order chi connectivity index (χ1) is 29.5. The number of H-pyrrole nitrogens is 1. The van der Waals surface area contributed by atoms with Crippen LogP contribution in [-0.4, -0.2) is 55.0 Å². The largest absolute Gasteiger partial charge is 1.00 e. The van der Waals surface area contributed by atoms with Crippen molar-refractivity contribution in [2.45, 2.75) is 34.7 Å². The third kappa shape index (κ3) is 14.1. The molecule has 1 N–H and O–H groups in total. The topological polar surface area (TPSA) is 210 Å². The van der Waals surface area contributed by atoms with Crippen LogP contribution >= 0.6 is 46.6 Å². The molecule has 0 bridgehead atoms. The number of para-hydroxylation sites is 4. The predicted octanol–water partition coefficient (Wildman–Crippen LogP) is 0.00589. The number of hydrogen-bond acceptors (Lipinski definition) is 12. The average Bonchev–Trinajstić information content (AvgIpc) is 3.29. The minimum Gasteiger partial charge on any atom is -1.00 e. The number of thioether (sulfide) groups is 1. The molecule has 0 amide bonds. The summed E-state index contributed by atoms with van der Waals surface area (Å²) in [4.78, 5) is 97.7. The SMILES string of the molecule is C.C.C.C.CI.CSc1nc(=O)n(C)c2c1c(=O)n(-c1ccccc1)c(=O)n2-c1ccccc1.Cn1c(=O)[nH]c(=S)c2c(=O)n(-c3ccccc3)c(=O)n(-c3ccccc3)c21.O=CO[O-].[H-].[K+].[K+]. The minimum atomic E-state index is -0.583. The summed E-state index contributed by atoms with van der Waals surface area (Å²) in [6.07, 6.45) is 1.74. The monoisotopic (exact) mass is 1120 g/mol. The van der Waals surface area contributed by atoms with E-state index in [-0.39, 0.29) is 172 Å². The van der Waals surface area contributed by atoms with Gasteiger partial charge in [-0.1, -0.05) is 137 Å². The van der Waals surface area contributed by atoms with E-state index in [9.17, 15) is 28.8 Å². The molecule has 346 valence electrons. The van der Waals surface area contributed by atoms with Crippen molar-refractivity contribution >= 4 is 75.1 Å². The fraction of sp³-hybridized carbons (Fsp3) is 0.178. The Morgan fingerprint density at radius 1 is 0.612 bits per heavy atom. The molecule has 8 aromatic rings. The summed E-state index contributed by atoms with van der Waals surface area (Å²) in [6, 6.07) is 35.0. The first kappa shape index (κ1) is 65.6. The van der Waals surface area contributed by atoms with Crippen LogP contribution in [0, 0.1) is 4.64 Å². The zero-order valence-electron chi connectivity index (χ0n) is 35.6. The Kier molecular flexibility index (Phi) is 30.3. The van der Waals surface area contributed by atoms with Crippen LogP contribution in [0.2, 0.25) is 0 Å². The molecule has 4 heterocycles. The van der Waals surface area contributed by atoms with Gasteiger partial charge >= 0.3 is 126 Å². The Morgan fingerprint density at radius 3 is 1.25 bits per heavy atom. The number of carbonyl (C=O) groups excluding carboxylic acids is 1. The molecule has 67 heavy (non-hydrogen) atoms. The van der Waals surface area contributed by atoms with Crippen molar-refractivity contribution in [3.05, 3.63) is 189 Å². The number of rotatable bonds is 6. The van der Waals surface area contributed by atoms with Crippen LogP contribution < -0.4 is 142 Å². The molecule has 0 aliphatic heterocycles. The second kappa shape index (κ2) is 30.9. The number of fused-ring (bicyclic) bond motifs is 2. The van der Waals surface area contributed by atoms with E-state index in [0.717, 1.165) is 9.13 Å². The predicted molar refractivity (Wildman–Crippen MR) is 271 cm³/mol. The van der Waals surface area contributed by atoms with Gasteiger partial charge in [-0.2, -0.15) is 4.98 Å². The minimum absolute atomic E-state index is 0. The molecular formula is C45H51IK2N8O9S2. The summed E-state index contributed by atoms with van der Waals surface area (Å²) >= 11 is 8.60. The zero-order valence-corrected chi connectivity index (χ0v) is 44.7. The molecule has 0 atom stereocenters. The quantitative estimate of drug-likeness (QED) is 0.0269. The van der Waals surface area contributed by atoms with Gasteiger partial charge in [-0.15, -0.1) is 11.8 Å². The van der Waals surface area contributed by atoms with Crippen molar-refractivity contribution in [3.63, 3.8) is 0 Å². The van der Waals surface area contributed by atoms with E-state index in [1.807, 2.05) is 23.1 Å². The van der Waals surface area contributed by atoms with Crippen LogP contribution in [0.1, 0.15) is 31.1 Å². The van der Waals surface area contributed by atoms with Gasteiger partial charge in [0.1, 0.15) is 31.7 Å². The summed E-state index contributed by atoms with van der Waals surface area (Å²) < 4.78 is 7.33. The summed E-state index contributed by atoms with van der Waals surface area (Å²) in [6.45, 7) is -0.181. The van der Waals surface area contributed by atoms with E-state index in [1.54, 1.807) is 109 Å². The zero-order chi connectivity index (χ0) is 44.4. The van der Waals surface area contributed by atoms with E-state index in [1.165, 1.54) is 44.1 Å². The summed E-state index contributed by atoms with van der Waals surface area (Å²) in [5, 5.41) is 9.04. The molecule has 17 nitrogen and oxygen atoms in total. The molecule has 0 saturated heterocycles. The van der Waals surface area contributed by atoms with Crippen molar-refractivity contribution in [3.8, 4) is 22.7 Å². The fourth-order valence-electron chi connectivity index (χ4n) is 6.24. The number of aromatic amines is 1. The van der Waals surface area contributed by atoms with Crippen molar-refractivity contribution in [1.29, 1.82) is 0 Å². The van der Waals surface area contributed by atoms with Gasteiger partial charge in [0.05, 0.1) is 22.7 Å². The van der Waals surface area contributed by atoms with E-state index in [2.05, 4.69) is 37.4 Å². The molecule has 4 aromatic heterocycles. The number of alkyl halides is 1. The van der Waals surface area contributed by atoms with Crippen LogP contribution in [0.5, 0.6) is 0 Å². The van der Waals surface area contributed by atoms with Gasteiger partial charge in [0.25, 0.3) is 17.6 Å². The molecular weight excluding hydrogens is 1070 g/mol. The number of carbonyl (C=O) groups is 1. The van der Waals surface area contributed by atoms with Crippen molar-refractivity contribution in [2.24, 2.45) is 14.1 Å². The molecule has 0 saturated carbocycles. The Labute approximate surface area is 495 Å². The van der Waals surface area contributed by atoms with Crippen LogP contribution in [0.3, 0.4) is 0 Å². The van der Waals surface area contributed by atoms with Gasteiger partial charge in [0.2, 0.25) is 0 Å². The van der Waals surface area contributed by atoms with Crippen LogP contribution in [-0.2, 0) is 23.8 Å². The average molecular weight is 1120 g/mol. The normalized spacial score (nSPS) is 9.46. The van der Waals surface area contributed by atoms with E-state index in [4.69, 9.17) is 22.3 Å². The third-order valence-corrected chi connectivity index (χ3v) is 9.83. The molecule has 0 radical (unpaired) electrons. The number of halogens is 1. The second-order valence-corrected chi connectivity index (χ2v) is 13.4. The van der Waals surface area contributed by atoms with Gasteiger partial charge in [-0.3, -0.25) is 28.5 Å². The summed E-state index contributed by atoms with van der Waals surface area (Å²) in [5.74, 6) is 0. The maximum Gasteiger partial charge on any atom is 1.00 e. The maximum absolute atomic E-state index is 13.5. The number of nitrogens with zero attached hydrogens (tertiary/aromatic N) is 7. The first-order valence-corrected chi connectivity index (χ1v) is 21.4. The summed E-state index contributed by atoms with van der Waals surface area (Å²) in [5.41, 5.74) is -0.948. The van der Waals surface area contributed by atoms with Crippen molar-refractivity contribution in [2.75, 3.05) is 11.2 Å². The number of aromatic nitrogens is 8. The van der Waals surface area contributed by atoms with Gasteiger partial charge in [-0.25, -0.2) is 37.4 Å². The Bertz CT molecular complexity index is 3300. The molecule has 8 rings (SSSR count). The Hall–Kier alpha value is -3.48. The van der Waals surface area contributed by atoms with Crippen molar-refractivity contribution in [1.82, 2.24) is 37.4 Å². The smallest absolute Gasteiger partial charge is 1.00 e. The van der Waals surface area contributed by atoms with Crippen LogP contribution in [0.25, 0.3) is 44.8 Å². The second-order valence-electron chi connectivity index (χ2n) is 12.2. The number of nitrogens with one attached hydrogen (secondary N) is 1. The Balaban J connectivity index is -0.00000102. The van der Waals surface area contributed by atoms with Gasteiger partial charge < -0.3 is 11.6 Å². The molecule has 0 aliphatic carbocycles. The molecule has 0 aliphatic rings. The molecule has 4 aromatic carbocycles. The Morgan fingerprint density at radius 2 is 0.925 bits per heavy atom. The number of aryl methyl sites for hydroxylation is 2. The van der Waals surface area contributed by atoms with Gasteiger partial charge in [0, 0.05) is 14.1 Å². The number of benzene rings is 4. The first-order valence-electron chi connectivity index (χ1n) is 17.6. The maximum atomic E-state index is 13.5. The molecule has 0 spiro atoms. The van der Waals surface area contributed by atoms with Crippen LogP contribution in [0.15, 0.2) is 155 Å². The van der Waals surface area contributed by atoms with E-state index in [0.29, 0.717) is 22.7 Å². The third-order valence-electron chi connectivity index (χ3n) is 8.85. The van der Waals surface area contributed by atoms with Gasteiger partial charge in [0.15, 0.2) is 0 Å². The van der Waals surface area contributed by atoms with E-state index >= 15 is 0 Å². The van der Waals surface area contributed by atoms with Gasteiger partial charge in [-0.05, 0) is 59.7 Å². The van der Waals surface area contributed by atoms with Crippen molar-refractivity contribution < 1.29 is 119 Å². The summed E-state index contributed by atoms with van der Waals surface area (Å²) in [7, 11) is 2.99. The molecule has 0 unspecified atom stereocenters. The molecule has 0 fully saturated rings. The van der Waals surface area contributed by atoms with Crippen LogP contribution in [0.4, 0.5) is 0 Å². The standard InChI is InChI=1S/C20H16N4O3S.C19H14N4O3S.CH3I.CH2O3.4CH4.2K.H/c1-22-17-15(16(28-2)21-19(22)26)18(25)24(14-11-7-4-8-12-14)20(27)23(17)13-9-5-3-6-10-13;1-21-16-14(15(27)20-18(21)25)17(24)23(13-10-6-3-7-11-13)19(26)22(16)12-8-4-2-5-9-12;1-2;2-1-4-3;;;;;;;/h3-12H,1-2H3;2-11H,1H3,(H,20,25,27);1H3;1,3H;4*1H4;;;/q;;;;;;;;2*+1;-1/p-1. The van der Waals surface area contributed by atoms with E-state index < -0.39 is 33.9 Å². The molecule has 22 heteroatoms. The fourth-order valence-corrected chi connectivity index (χ4v) is 7.06.